The first-order valence-electron chi connectivity index (χ1n) is 3.68. The molecule has 0 fully saturated rings. The molecule has 0 saturated carbocycles. The summed E-state index contributed by atoms with van der Waals surface area (Å²) in [5, 5.41) is 5.81. The lowest BCUT2D eigenvalue weighted by molar-refractivity contribution is 1.63. The molecule has 0 aliphatic heterocycles. The Morgan fingerprint density at radius 1 is 1.00 bits per heavy atom. The zero-order valence-corrected chi connectivity index (χ0v) is 10.4. The van der Waals surface area contributed by atoms with Crippen LogP contribution in [0.2, 0.25) is 0 Å². The maximum absolute atomic E-state index is 4.80. The topological polar surface area (TPSA) is 24.1 Å². The zero-order valence-electron chi connectivity index (χ0n) is 7.02. The van der Waals surface area contributed by atoms with E-state index < -0.39 is 0 Å². The van der Waals surface area contributed by atoms with Gasteiger partial charge in [-0.15, -0.1) is 25.3 Å². The number of hydrogen-bond donors (Lipinski definition) is 4. The van der Waals surface area contributed by atoms with Gasteiger partial charge in [0, 0.05) is 11.4 Å². The quantitative estimate of drug-likeness (QED) is 0.485. The second kappa shape index (κ2) is 5.55. The first-order chi connectivity index (χ1) is 6.58. The van der Waals surface area contributed by atoms with Gasteiger partial charge in [-0.2, -0.15) is 0 Å². The maximum atomic E-state index is 4.80. The highest BCUT2D eigenvalue weighted by Crippen LogP contribution is 2.15. The SMILES string of the molecule is S=C(S)Nc1cccc(NC(=S)S)c1. The summed E-state index contributed by atoms with van der Waals surface area (Å²) in [5.41, 5.74) is 1.72. The van der Waals surface area contributed by atoms with Crippen LogP contribution in [0.25, 0.3) is 0 Å². The second-order valence-corrected chi connectivity index (χ2v) is 4.76. The Morgan fingerprint density at radius 3 is 1.79 bits per heavy atom. The van der Waals surface area contributed by atoms with Crippen LogP contribution in [0.4, 0.5) is 11.4 Å². The van der Waals surface area contributed by atoms with Gasteiger partial charge in [0.2, 0.25) is 0 Å². The van der Waals surface area contributed by atoms with Crippen molar-refractivity contribution in [3.8, 4) is 0 Å². The van der Waals surface area contributed by atoms with Crippen LogP contribution in [0.3, 0.4) is 0 Å². The van der Waals surface area contributed by atoms with Crippen LogP contribution in [0.5, 0.6) is 0 Å². The van der Waals surface area contributed by atoms with Crippen LogP contribution in [0, 0.1) is 0 Å². The molecular formula is C8H8N2S4. The van der Waals surface area contributed by atoms with Crippen LogP contribution in [0.1, 0.15) is 0 Å². The molecule has 0 bridgehead atoms. The molecule has 14 heavy (non-hydrogen) atoms. The van der Waals surface area contributed by atoms with Gasteiger partial charge in [-0.3, -0.25) is 0 Å². The van der Waals surface area contributed by atoms with E-state index in [0.717, 1.165) is 11.4 Å². The molecule has 6 heteroatoms. The summed E-state index contributed by atoms with van der Waals surface area (Å²) in [6.45, 7) is 0. The summed E-state index contributed by atoms with van der Waals surface area (Å²) in [6.07, 6.45) is 0. The van der Waals surface area contributed by atoms with E-state index in [1.165, 1.54) is 0 Å². The Labute approximate surface area is 104 Å². The van der Waals surface area contributed by atoms with Gasteiger partial charge >= 0.3 is 0 Å². The van der Waals surface area contributed by atoms with Crippen LogP contribution in [-0.2, 0) is 0 Å². The van der Waals surface area contributed by atoms with E-state index in [0.29, 0.717) is 8.64 Å². The second-order valence-electron chi connectivity index (χ2n) is 2.44. The van der Waals surface area contributed by atoms with E-state index in [-0.39, 0.29) is 0 Å². The van der Waals surface area contributed by atoms with Gasteiger partial charge in [0.05, 0.1) is 0 Å². The highest BCUT2D eigenvalue weighted by molar-refractivity contribution is 8.11. The molecular weight excluding hydrogens is 252 g/mol. The normalized spacial score (nSPS) is 9.29. The zero-order chi connectivity index (χ0) is 10.6. The highest BCUT2D eigenvalue weighted by Gasteiger charge is 1.96. The molecule has 1 rings (SSSR count). The van der Waals surface area contributed by atoms with Gasteiger partial charge in [0.1, 0.15) is 8.64 Å². The predicted molar refractivity (Wildman–Crippen MR) is 76.9 cm³/mol. The van der Waals surface area contributed by atoms with Gasteiger partial charge in [0.25, 0.3) is 0 Å². The monoisotopic (exact) mass is 260 g/mol. The largest absolute Gasteiger partial charge is 0.341 e. The summed E-state index contributed by atoms with van der Waals surface area (Å²) in [5.74, 6) is 0. The van der Waals surface area contributed by atoms with Crippen LogP contribution >= 0.6 is 49.7 Å². The first kappa shape index (κ1) is 11.8. The molecule has 0 aliphatic rings. The Morgan fingerprint density at radius 2 is 1.43 bits per heavy atom. The average molecular weight is 260 g/mol. The maximum Gasteiger partial charge on any atom is 0.135 e. The van der Waals surface area contributed by atoms with Crippen LogP contribution < -0.4 is 10.6 Å². The van der Waals surface area contributed by atoms with Crippen molar-refractivity contribution in [2.24, 2.45) is 0 Å². The summed E-state index contributed by atoms with van der Waals surface area (Å²) in [6, 6.07) is 7.51. The number of thiocarbonyl (C=S) groups is 2. The summed E-state index contributed by atoms with van der Waals surface area (Å²) in [4.78, 5) is 0. The van der Waals surface area contributed by atoms with Crippen molar-refractivity contribution in [3.05, 3.63) is 24.3 Å². The number of rotatable bonds is 2. The summed E-state index contributed by atoms with van der Waals surface area (Å²) in [7, 11) is 0. The summed E-state index contributed by atoms with van der Waals surface area (Å²) < 4.78 is 0.853. The third-order valence-electron chi connectivity index (χ3n) is 1.37. The lowest BCUT2D eigenvalue weighted by atomic mass is 10.3. The minimum Gasteiger partial charge on any atom is -0.341 e. The highest BCUT2D eigenvalue weighted by atomic mass is 32.1. The van der Waals surface area contributed by atoms with Crippen molar-refractivity contribution in [1.82, 2.24) is 0 Å². The van der Waals surface area contributed by atoms with E-state index in [2.05, 4.69) is 35.9 Å². The Balaban J connectivity index is 2.78. The molecule has 0 aliphatic carbocycles. The minimum absolute atomic E-state index is 0.426. The van der Waals surface area contributed by atoms with Gasteiger partial charge in [0.15, 0.2) is 0 Å². The van der Waals surface area contributed by atoms with Crippen molar-refractivity contribution in [3.63, 3.8) is 0 Å². The fourth-order valence-electron chi connectivity index (χ4n) is 0.922. The molecule has 0 saturated heterocycles. The van der Waals surface area contributed by atoms with Gasteiger partial charge < -0.3 is 10.6 Å². The molecule has 2 N–H and O–H groups in total. The Bertz CT molecular complexity index is 333. The molecule has 0 unspecified atom stereocenters. The van der Waals surface area contributed by atoms with E-state index in [4.69, 9.17) is 24.4 Å². The number of hydrogen-bond acceptors (Lipinski definition) is 2. The number of thiol groups is 2. The van der Waals surface area contributed by atoms with Gasteiger partial charge in [-0.1, -0.05) is 30.5 Å². The molecule has 74 valence electrons. The molecule has 1 aromatic rings. The third kappa shape index (κ3) is 4.28. The lowest BCUT2D eigenvalue weighted by Gasteiger charge is -2.07. The van der Waals surface area contributed by atoms with E-state index in [1.54, 1.807) is 0 Å². The average Bonchev–Trinajstić information content (AvgIpc) is 2.01. The van der Waals surface area contributed by atoms with Crippen molar-refractivity contribution in [1.29, 1.82) is 0 Å². The van der Waals surface area contributed by atoms with Gasteiger partial charge in [-0.25, -0.2) is 0 Å². The Kier molecular flexibility index (Phi) is 4.67. The molecule has 0 amide bonds. The van der Waals surface area contributed by atoms with E-state index in [1.807, 2.05) is 24.3 Å². The fourth-order valence-corrected chi connectivity index (χ4v) is 1.42. The number of nitrogens with one attached hydrogen (secondary N) is 2. The number of anilines is 2. The fraction of sp³-hybridized carbons (Fsp3) is 0. The predicted octanol–water partition coefficient (Wildman–Crippen LogP) is 2.94. The minimum atomic E-state index is 0.426. The lowest BCUT2D eigenvalue weighted by Crippen LogP contribution is -2.03. The van der Waals surface area contributed by atoms with E-state index in [9.17, 15) is 0 Å². The molecule has 1 aromatic carbocycles. The smallest absolute Gasteiger partial charge is 0.135 e. The number of benzene rings is 1. The third-order valence-corrected chi connectivity index (χ3v) is 1.79. The molecule has 0 aromatic heterocycles. The molecule has 0 atom stereocenters. The van der Waals surface area contributed by atoms with Crippen molar-refractivity contribution in [2.45, 2.75) is 0 Å². The Hall–Kier alpha value is -0.300. The van der Waals surface area contributed by atoms with Crippen molar-refractivity contribution >= 4 is 69.7 Å². The molecule has 2 nitrogen and oxygen atoms in total. The van der Waals surface area contributed by atoms with Crippen molar-refractivity contribution < 1.29 is 0 Å². The van der Waals surface area contributed by atoms with E-state index >= 15 is 0 Å². The van der Waals surface area contributed by atoms with Crippen LogP contribution in [0.15, 0.2) is 24.3 Å². The molecule has 0 heterocycles. The molecule has 0 spiro atoms. The summed E-state index contributed by atoms with van der Waals surface area (Å²) >= 11 is 17.5. The molecule has 0 radical (unpaired) electrons. The van der Waals surface area contributed by atoms with Crippen molar-refractivity contribution in [2.75, 3.05) is 10.6 Å². The first-order valence-corrected chi connectivity index (χ1v) is 5.39. The van der Waals surface area contributed by atoms with Crippen LogP contribution in [-0.4, -0.2) is 8.64 Å². The van der Waals surface area contributed by atoms with Gasteiger partial charge in [-0.05, 0) is 18.2 Å². The standard InChI is InChI=1S/C8H8N2S4/c11-7(12)9-5-2-1-3-6(4-5)10-8(13)14/h1-4H,(H2,9,11,12)(H2,10,13,14).